The van der Waals surface area contributed by atoms with Gasteiger partial charge in [-0.1, -0.05) is 26.7 Å². The number of aromatic nitrogens is 2. The molecule has 1 aliphatic heterocycles. The van der Waals surface area contributed by atoms with Gasteiger partial charge >= 0.3 is 0 Å². The average molecular weight is 490 g/mol. The Morgan fingerprint density at radius 3 is 2.37 bits per heavy atom. The van der Waals surface area contributed by atoms with E-state index >= 15 is 0 Å². The van der Waals surface area contributed by atoms with Gasteiger partial charge in [0, 0.05) is 38.4 Å². The molecule has 1 aromatic rings. The van der Waals surface area contributed by atoms with Crippen LogP contribution in [-0.2, 0) is 26.4 Å². The van der Waals surface area contributed by atoms with Crippen LogP contribution in [0.15, 0.2) is 4.99 Å². The van der Waals surface area contributed by atoms with E-state index in [2.05, 4.69) is 39.5 Å². The number of nitrogens with zero attached hydrogens (tertiary/aromatic N) is 4. The Hall–Kier alpha value is -0.830. The smallest absolute Gasteiger partial charge is 0.191 e. The monoisotopic (exact) mass is 490 g/mol. The molecule has 27 heavy (non-hydrogen) atoms. The first-order valence-corrected chi connectivity index (χ1v) is 10.4. The van der Waals surface area contributed by atoms with Gasteiger partial charge in [-0.25, -0.2) is 0 Å². The predicted molar refractivity (Wildman–Crippen MR) is 125 cm³/mol. The van der Waals surface area contributed by atoms with Crippen LogP contribution in [0.1, 0.15) is 62.9 Å². The Kier molecular flexibility index (Phi) is 12.0. The molecule has 1 saturated heterocycles. The van der Waals surface area contributed by atoms with Gasteiger partial charge in [0.15, 0.2) is 5.96 Å². The molecule has 0 spiro atoms. The maximum absolute atomic E-state index is 4.65. The Labute approximate surface area is 182 Å². The highest BCUT2D eigenvalue weighted by Gasteiger charge is 2.14. The van der Waals surface area contributed by atoms with Crippen molar-refractivity contribution in [1.29, 1.82) is 0 Å². The van der Waals surface area contributed by atoms with Crippen LogP contribution in [0.5, 0.6) is 0 Å². The number of guanidine groups is 1. The Balaban J connectivity index is 0.00000364. The summed E-state index contributed by atoms with van der Waals surface area (Å²) >= 11 is 0. The molecule has 0 aromatic carbocycles. The van der Waals surface area contributed by atoms with Crippen molar-refractivity contribution in [2.75, 3.05) is 33.2 Å². The first-order valence-electron chi connectivity index (χ1n) is 10.4. The van der Waals surface area contributed by atoms with Crippen LogP contribution in [0.25, 0.3) is 0 Å². The van der Waals surface area contributed by atoms with Crippen LogP contribution in [0, 0.1) is 0 Å². The molecule has 1 fully saturated rings. The van der Waals surface area contributed by atoms with Crippen molar-refractivity contribution in [1.82, 2.24) is 25.3 Å². The third-order valence-corrected chi connectivity index (χ3v) is 5.33. The predicted octanol–water partition coefficient (Wildman–Crippen LogP) is 3.09. The SMILES string of the molecule is CCc1nn(C)c(CC)c1CNC(=NC)NCCCN1CCCCCC1.I. The van der Waals surface area contributed by atoms with Gasteiger partial charge in [-0.2, -0.15) is 5.10 Å². The van der Waals surface area contributed by atoms with Crippen LogP contribution in [0.4, 0.5) is 0 Å². The molecule has 2 heterocycles. The normalized spacial score (nSPS) is 15.9. The standard InChI is InChI=1S/C20H38N6.HI/c1-5-18-17(19(6-2)25(4)24-18)16-23-20(21-3)22-12-11-15-26-13-9-7-8-10-14-26;/h5-16H2,1-4H3,(H2,21,22,23);1H. The van der Waals surface area contributed by atoms with Gasteiger partial charge in [-0.3, -0.25) is 9.67 Å². The van der Waals surface area contributed by atoms with Crippen molar-refractivity contribution in [3.05, 3.63) is 17.0 Å². The molecular weight excluding hydrogens is 451 g/mol. The zero-order valence-corrected chi connectivity index (χ0v) is 20.0. The van der Waals surface area contributed by atoms with E-state index in [0.29, 0.717) is 0 Å². The fourth-order valence-corrected chi connectivity index (χ4v) is 3.86. The first-order chi connectivity index (χ1) is 12.7. The number of aliphatic imine (C=N–C) groups is 1. The molecule has 0 atom stereocenters. The molecule has 6 nitrogen and oxygen atoms in total. The van der Waals surface area contributed by atoms with E-state index in [4.69, 9.17) is 0 Å². The minimum Gasteiger partial charge on any atom is -0.356 e. The fraction of sp³-hybridized carbons (Fsp3) is 0.800. The minimum atomic E-state index is 0. The van der Waals surface area contributed by atoms with Gasteiger partial charge in [0.25, 0.3) is 0 Å². The molecule has 0 radical (unpaired) electrons. The maximum atomic E-state index is 4.65. The highest BCUT2D eigenvalue weighted by Crippen LogP contribution is 2.15. The number of hydrogen-bond acceptors (Lipinski definition) is 3. The molecule has 1 aliphatic rings. The molecule has 156 valence electrons. The van der Waals surface area contributed by atoms with E-state index in [9.17, 15) is 0 Å². The second-order valence-corrected chi connectivity index (χ2v) is 7.16. The number of likely N-dealkylation sites (tertiary alicyclic amines) is 1. The maximum Gasteiger partial charge on any atom is 0.191 e. The van der Waals surface area contributed by atoms with Gasteiger partial charge in [-0.15, -0.1) is 24.0 Å². The summed E-state index contributed by atoms with van der Waals surface area (Å²) in [5.74, 6) is 0.883. The Morgan fingerprint density at radius 1 is 1.07 bits per heavy atom. The van der Waals surface area contributed by atoms with Gasteiger partial charge in [-0.05, 0) is 51.7 Å². The van der Waals surface area contributed by atoms with Crippen LogP contribution < -0.4 is 10.6 Å². The lowest BCUT2D eigenvalue weighted by Gasteiger charge is -2.20. The minimum absolute atomic E-state index is 0. The fourth-order valence-electron chi connectivity index (χ4n) is 3.86. The molecule has 0 amide bonds. The number of halogens is 1. The lowest BCUT2D eigenvalue weighted by molar-refractivity contribution is 0.282. The van der Waals surface area contributed by atoms with Crippen molar-refractivity contribution in [3.63, 3.8) is 0 Å². The zero-order chi connectivity index (χ0) is 18.8. The number of rotatable bonds is 8. The van der Waals surface area contributed by atoms with E-state index in [1.165, 1.54) is 62.3 Å². The van der Waals surface area contributed by atoms with Crippen molar-refractivity contribution >= 4 is 29.9 Å². The van der Waals surface area contributed by atoms with Gasteiger partial charge in [0.1, 0.15) is 0 Å². The van der Waals surface area contributed by atoms with Gasteiger partial charge < -0.3 is 15.5 Å². The molecule has 0 saturated carbocycles. The Morgan fingerprint density at radius 2 is 1.78 bits per heavy atom. The molecule has 2 N–H and O–H groups in total. The molecule has 1 aromatic heterocycles. The van der Waals surface area contributed by atoms with Gasteiger partial charge in [0.05, 0.1) is 5.69 Å². The van der Waals surface area contributed by atoms with Crippen molar-refractivity contribution < 1.29 is 0 Å². The topological polar surface area (TPSA) is 57.5 Å². The van der Waals surface area contributed by atoms with Crippen LogP contribution in [0.2, 0.25) is 0 Å². The lowest BCUT2D eigenvalue weighted by Crippen LogP contribution is -2.38. The summed E-state index contributed by atoms with van der Waals surface area (Å²) in [6.07, 6.45) is 8.66. The molecule has 0 bridgehead atoms. The number of nitrogens with one attached hydrogen (secondary N) is 2. The lowest BCUT2D eigenvalue weighted by atomic mass is 10.1. The largest absolute Gasteiger partial charge is 0.356 e. The zero-order valence-electron chi connectivity index (χ0n) is 17.7. The second-order valence-electron chi connectivity index (χ2n) is 7.16. The summed E-state index contributed by atoms with van der Waals surface area (Å²) < 4.78 is 2.02. The summed E-state index contributed by atoms with van der Waals surface area (Å²) in [5, 5.41) is 11.6. The third-order valence-electron chi connectivity index (χ3n) is 5.33. The van der Waals surface area contributed by atoms with E-state index in [1.807, 2.05) is 18.8 Å². The highest BCUT2D eigenvalue weighted by molar-refractivity contribution is 14.0. The summed E-state index contributed by atoms with van der Waals surface area (Å²) in [4.78, 5) is 6.99. The van der Waals surface area contributed by atoms with E-state index in [1.54, 1.807) is 0 Å². The number of hydrogen-bond donors (Lipinski definition) is 2. The van der Waals surface area contributed by atoms with Crippen LogP contribution >= 0.6 is 24.0 Å². The molecule has 0 aliphatic carbocycles. The summed E-state index contributed by atoms with van der Waals surface area (Å²) in [6.45, 7) is 9.83. The van der Waals surface area contributed by atoms with Crippen molar-refractivity contribution in [2.24, 2.45) is 12.0 Å². The molecular formula is C20H39IN6. The van der Waals surface area contributed by atoms with Crippen molar-refractivity contribution in [3.8, 4) is 0 Å². The molecule has 2 rings (SSSR count). The number of aryl methyl sites for hydroxylation is 2. The first kappa shape index (κ1) is 24.2. The third kappa shape index (κ3) is 7.60. The summed E-state index contributed by atoms with van der Waals surface area (Å²) in [6, 6.07) is 0. The molecule has 7 heteroatoms. The van der Waals surface area contributed by atoms with Crippen LogP contribution in [-0.4, -0.2) is 53.9 Å². The van der Waals surface area contributed by atoms with E-state index in [-0.39, 0.29) is 24.0 Å². The molecule has 0 unspecified atom stereocenters. The van der Waals surface area contributed by atoms with Crippen molar-refractivity contribution in [2.45, 2.75) is 65.3 Å². The quantitative estimate of drug-likeness (QED) is 0.255. The van der Waals surface area contributed by atoms with E-state index < -0.39 is 0 Å². The summed E-state index contributed by atoms with van der Waals surface area (Å²) in [7, 11) is 3.88. The average Bonchev–Trinajstić information content (AvgIpc) is 2.80. The van der Waals surface area contributed by atoms with Gasteiger partial charge in [0.2, 0.25) is 0 Å². The van der Waals surface area contributed by atoms with E-state index in [0.717, 1.165) is 38.3 Å². The second kappa shape index (κ2) is 13.4. The van der Waals surface area contributed by atoms with Crippen LogP contribution in [0.3, 0.4) is 0 Å². The highest BCUT2D eigenvalue weighted by atomic mass is 127. The summed E-state index contributed by atoms with van der Waals surface area (Å²) in [5.41, 5.74) is 3.82. The Bertz CT molecular complexity index is 561.